The van der Waals surface area contributed by atoms with E-state index in [1.807, 2.05) is 6.07 Å². The third kappa shape index (κ3) is 3.60. The van der Waals surface area contributed by atoms with Crippen molar-refractivity contribution in [3.05, 3.63) is 65.7 Å². The number of carbonyl (C=O) groups excluding carboxylic acids is 2. The summed E-state index contributed by atoms with van der Waals surface area (Å²) in [4.78, 5) is 24.0. The molecule has 1 amide bonds. The molecule has 5 nitrogen and oxygen atoms in total. The van der Waals surface area contributed by atoms with Gasteiger partial charge in [0, 0.05) is 5.56 Å². The number of hydrogen-bond donors (Lipinski definition) is 2. The summed E-state index contributed by atoms with van der Waals surface area (Å²) in [7, 11) is 1.27. The zero-order chi connectivity index (χ0) is 15.2. The smallest absolute Gasteiger partial charge is 0.333 e. The highest BCUT2D eigenvalue weighted by atomic mass is 16.5. The molecule has 1 atom stereocenters. The maximum atomic E-state index is 12.2. The van der Waals surface area contributed by atoms with E-state index in [2.05, 4.69) is 5.32 Å². The Morgan fingerprint density at radius 3 is 2.24 bits per heavy atom. The van der Waals surface area contributed by atoms with Gasteiger partial charge in [0.25, 0.3) is 5.91 Å². The highest BCUT2D eigenvalue weighted by Gasteiger charge is 2.23. The molecule has 0 aliphatic carbocycles. The summed E-state index contributed by atoms with van der Waals surface area (Å²) in [5.74, 6) is -0.901. The monoisotopic (exact) mass is 285 g/mol. The molecule has 2 N–H and O–H groups in total. The second-order valence-corrected chi connectivity index (χ2v) is 4.39. The number of benzene rings is 2. The van der Waals surface area contributed by atoms with Crippen LogP contribution in [-0.4, -0.2) is 24.1 Å². The highest BCUT2D eigenvalue weighted by molar-refractivity contribution is 5.97. The number of carbonyl (C=O) groups is 2. The fourth-order valence-corrected chi connectivity index (χ4v) is 1.87. The van der Waals surface area contributed by atoms with Crippen LogP contribution in [0.4, 0.5) is 0 Å². The van der Waals surface area contributed by atoms with E-state index in [4.69, 9.17) is 4.74 Å². The SMILES string of the molecule is COC(=O)C(NC(=O)c1ccc(O)cc1)c1ccccc1. The number of aromatic hydroxyl groups is 1. The van der Waals surface area contributed by atoms with E-state index < -0.39 is 17.9 Å². The third-order valence-corrected chi connectivity index (χ3v) is 2.97. The van der Waals surface area contributed by atoms with E-state index in [9.17, 15) is 14.7 Å². The molecule has 0 heterocycles. The van der Waals surface area contributed by atoms with Gasteiger partial charge in [-0.25, -0.2) is 4.79 Å². The average Bonchev–Trinajstić information content (AvgIpc) is 2.53. The summed E-state index contributed by atoms with van der Waals surface area (Å²) in [6.07, 6.45) is 0. The minimum absolute atomic E-state index is 0.0686. The maximum absolute atomic E-state index is 12.2. The summed E-state index contributed by atoms with van der Waals surface area (Å²) in [6, 6.07) is 13.7. The number of phenolic OH excluding ortho intramolecular Hbond substituents is 1. The van der Waals surface area contributed by atoms with Crippen LogP contribution >= 0.6 is 0 Å². The van der Waals surface area contributed by atoms with Crippen LogP contribution in [0.15, 0.2) is 54.6 Å². The van der Waals surface area contributed by atoms with E-state index in [0.29, 0.717) is 11.1 Å². The summed E-state index contributed by atoms with van der Waals surface area (Å²) < 4.78 is 4.73. The molecule has 2 aromatic rings. The van der Waals surface area contributed by atoms with Crippen molar-refractivity contribution in [2.75, 3.05) is 7.11 Å². The van der Waals surface area contributed by atoms with Gasteiger partial charge < -0.3 is 15.2 Å². The van der Waals surface area contributed by atoms with Crippen molar-refractivity contribution in [3.8, 4) is 5.75 Å². The first-order valence-electron chi connectivity index (χ1n) is 6.34. The van der Waals surface area contributed by atoms with Gasteiger partial charge in [-0.2, -0.15) is 0 Å². The first-order valence-corrected chi connectivity index (χ1v) is 6.34. The molecule has 0 aromatic heterocycles. The van der Waals surface area contributed by atoms with Gasteiger partial charge in [0.05, 0.1) is 7.11 Å². The predicted molar refractivity (Wildman–Crippen MR) is 76.8 cm³/mol. The molecule has 1 unspecified atom stereocenters. The molecular weight excluding hydrogens is 270 g/mol. The van der Waals surface area contributed by atoms with Crippen molar-refractivity contribution >= 4 is 11.9 Å². The Kier molecular flexibility index (Phi) is 4.56. The molecule has 0 aliphatic rings. The van der Waals surface area contributed by atoms with Gasteiger partial charge in [-0.15, -0.1) is 0 Å². The Morgan fingerprint density at radius 1 is 1.05 bits per heavy atom. The number of amides is 1. The molecule has 2 rings (SSSR count). The lowest BCUT2D eigenvalue weighted by atomic mass is 10.1. The fraction of sp³-hybridized carbons (Fsp3) is 0.125. The van der Waals surface area contributed by atoms with E-state index in [1.54, 1.807) is 24.3 Å². The minimum Gasteiger partial charge on any atom is -0.508 e. The molecule has 0 bridgehead atoms. The normalized spacial score (nSPS) is 11.5. The number of phenols is 1. The van der Waals surface area contributed by atoms with E-state index >= 15 is 0 Å². The zero-order valence-electron chi connectivity index (χ0n) is 11.4. The Balaban J connectivity index is 2.21. The number of rotatable bonds is 4. The second-order valence-electron chi connectivity index (χ2n) is 4.39. The summed E-state index contributed by atoms with van der Waals surface area (Å²) in [5, 5.41) is 11.8. The number of esters is 1. The molecule has 0 radical (unpaired) electrons. The molecule has 0 fully saturated rings. The topological polar surface area (TPSA) is 75.6 Å². The lowest BCUT2D eigenvalue weighted by Gasteiger charge is -2.16. The molecule has 0 spiro atoms. The Labute approximate surface area is 122 Å². The average molecular weight is 285 g/mol. The van der Waals surface area contributed by atoms with Gasteiger partial charge in [-0.3, -0.25) is 4.79 Å². The van der Waals surface area contributed by atoms with Crippen LogP contribution in [0.1, 0.15) is 22.0 Å². The van der Waals surface area contributed by atoms with Crippen molar-refractivity contribution in [2.24, 2.45) is 0 Å². The van der Waals surface area contributed by atoms with Gasteiger partial charge in [-0.05, 0) is 29.8 Å². The molecule has 21 heavy (non-hydrogen) atoms. The summed E-state index contributed by atoms with van der Waals surface area (Å²) in [6.45, 7) is 0. The van der Waals surface area contributed by atoms with Gasteiger partial charge in [0.2, 0.25) is 0 Å². The highest BCUT2D eigenvalue weighted by Crippen LogP contribution is 2.16. The molecule has 5 heteroatoms. The van der Waals surface area contributed by atoms with Gasteiger partial charge in [0.15, 0.2) is 6.04 Å². The Hall–Kier alpha value is -2.82. The van der Waals surface area contributed by atoms with Crippen molar-refractivity contribution in [1.29, 1.82) is 0 Å². The van der Waals surface area contributed by atoms with Crippen LogP contribution in [0.3, 0.4) is 0 Å². The Morgan fingerprint density at radius 2 is 1.67 bits per heavy atom. The largest absolute Gasteiger partial charge is 0.508 e. The van der Waals surface area contributed by atoms with Gasteiger partial charge >= 0.3 is 5.97 Å². The van der Waals surface area contributed by atoms with E-state index in [0.717, 1.165) is 0 Å². The van der Waals surface area contributed by atoms with E-state index in [1.165, 1.54) is 31.4 Å². The summed E-state index contributed by atoms with van der Waals surface area (Å²) in [5.41, 5.74) is 0.981. The van der Waals surface area contributed by atoms with Crippen LogP contribution in [0.2, 0.25) is 0 Å². The number of hydrogen-bond acceptors (Lipinski definition) is 4. The van der Waals surface area contributed by atoms with Crippen molar-refractivity contribution in [1.82, 2.24) is 5.32 Å². The lowest BCUT2D eigenvalue weighted by molar-refractivity contribution is -0.143. The molecular formula is C16H15NO4. The number of methoxy groups -OCH3 is 1. The molecule has 2 aromatic carbocycles. The first kappa shape index (κ1) is 14.6. The standard InChI is InChI=1S/C16H15NO4/c1-21-16(20)14(11-5-3-2-4-6-11)17-15(19)12-7-9-13(18)10-8-12/h2-10,14,18H,1H3,(H,17,19). The fourth-order valence-electron chi connectivity index (χ4n) is 1.87. The van der Waals surface area contributed by atoms with Crippen LogP contribution in [0.25, 0.3) is 0 Å². The zero-order valence-corrected chi connectivity index (χ0v) is 11.4. The van der Waals surface area contributed by atoms with Crippen LogP contribution in [0.5, 0.6) is 5.75 Å². The Bertz CT molecular complexity index is 622. The second kappa shape index (κ2) is 6.56. The van der Waals surface area contributed by atoms with Gasteiger partial charge in [0.1, 0.15) is 5.75 Å². The summed E-state index contributed by atoms with van der Waals surface area (Å²) >= 11 is 0. The first-order chi connectivity index (χ1) is 10.1. The molecule has 0 saturated heterocycles. The minimum atomic E-state index is -0.877. The molecule has 0 saturated carbocycles. The molecule has 108 valence electrons. The third-order valence-electron chi connectivity index (χ3n) is 2.97. The number of ether oxygens (including phenoxy) is 1. The predicted octanol–water partition coefficient (Wildman–Crippen LogP) is 2.04. The van der Waals surface area contributed by atoms with Crippen LogP contribution in [-0.2, 0) is 9.53 Å². The van der Waals surface area contributed by atoms with Crippen molar-refractivity contribution in [3.63, 3.8) is 0 Å². The number of nitrogens with one attached hydrogen (secondary N) is 1. The lowest BCUT2D eigenvalue weighted by Crippen LogP contribution is -2.34. The van der Waals surface area contributed by atoms with Crippen LogP contribution < -0.4 is 5.32 Å². The van der Waals surface area contributed by atoms with Gasteiger partial charge in [-0.1, -0.05) is 30.3 Å². The van der Waals surface area contributed by atoms with E-state index in [-0.39, 0.29) is 5.75 Å². The molecule has 0 aliphatic heterocycles. The van der Waals surface area contributed by atoms with Crippen LogP contribution in [0, 0.1) is 0 Å². The maximum Gasteiger partial charge on any atom is 0.333 e. The quantitative estimate of drug-likeness (QED) is 0.843. The van der Waals surface area contributed by atoms with Crippen molar-refractivity contribution in [2.45, 2.75) is 6.04 Å². The van der Waals surface area contributed by atoms with Crippen molar-refractivity contribution < 1.29 is 19.4 Å².